The second-order valence-electron chi connectivity index (χ2n) is 4.64. The van der Waals surface area contributed by atoms with Crippen molar-refractivity contribution in [2.24, 2.45) is 0 Å². The Hall–Kier alpha value is -1.26. The van der Waals surface area contributed by atoms with E-state index in [-0.39, 0.29) is 5.91 Å². The number of rotatable bonds is 4. The van der Waals surface area contributed by atoms with Crippen LogP contribution in [0, 0.1) is 0 Å². The summed E-state index contributed by atoms with van der Waals surface area (Å²) in [5.41, 5.74) is 1.90. The van der Waals surface area contributed by atoms with Gasteiger partial charge in [-0.1, -0.05) is 28.1 Å². The van der Waals surface area contributed by atoms with Crippen LogP contribution < -0.4 is 0 Å². The molecule has 0 saturated heterocycles. The number of carbonyl (C=O) groups excluding carboxylic acids is 1. The molecule has 0 spiro atoms. The molecule has 0 radical (unpaired) electrons. The number of benzene rings is 2. The van der Waals surface area contributed by atoms with Gasteiger partial charge in [-0.25, -0.2) is 0 Å². The molecule has 0 fully saturated rings. The Balaban J connectivity index is 2.05. The normalized spacial score (nSPS) is 10.3. The van der Waals surface area contributed by atoms with Gasteiger partial charge in [-0.15, -0.1) is 11.8 Å². The van der Waals surface area contributed by atoms with Crippen molar-refractivity contribution in [1.82, 2.24) is 4.90 Å². The maximum absolute atomic E-state index is 11.9. The van der Waals surface area contributed by atoms with Gasteiger partial charge in [-0.2, -0.15) is 0 Å². The lowest BCUT2D eigenvalue weighted by molar-refractivity contribution is 0.0827. The van der Waals surface area contributed by atoms with Gasteiger partial charge in [0, 0.05) is 34.8 Å². The third kappa shape index (κ3) is 4.12. The summed E-state index contributed by atoms with van der Waals surface area (Å²) in [7, 11) is 3.54. The van der Waals surface area contributed by atoms with Crippen LogP contribution in [0.25, 0.3) is 0 Å². The van der Waals surface area contributed by atoms with Gasteiger partial charge in [0.05, 0.1) is 0 Å². The number of thioether (sulfide) groups is 1. The zero-order valence-corrected chi connectivity index (χ0v) is 13.9. The van der Waals surface area contributed by atoms with Crippen LogP contribution in [0.3, 0.4) is 0 Å². The van der Waals surface area contributed by atoms with Gasteiger partial charge in [0.25, 0.3) is 5.91 Å². The molecule has 0 N–H and O–H groups in total. The van der Waals surface area contributed by atoms with Gasteiger partial charge >= 0.3 is 0 Å². The number of hydrogen-bond donors (Lipinski definition) is 0. The van der Waals surface area contributed by atoms with Crippen molar-refractivity contribution in [2.45, 2.75) is 10.6 Å². The highest BCUT2D eigenvalue weighted by Crippen LogP contribution is 2.24. The summed E-state index contributed by atoms with van der Waals surface area (Å²) in [6.07, 6.45) is 0. The first-order valence-corrected chi connectivity index (χ1v) is 8.03. The first kappa shape index (κ1) is 15.1. The molecule has 1 amide bonds. The van der Waals surface area contributed by atoms with Crippen LogP contribution in [-0.4, -0.2) is 24.9 Å². The van der Waals surface area contributed by atoms with Crippen molar-refractivity contribution in [1.29, 1.82) is 0 Å². The van der Waals surface area contributed by atoms with Crippen LogP contribution in [0.4, 0.5) is 0 Å². The molecule has 2 aromatic rings. The van der Waals surface area contributed by atoms with Gasteiger partial charge in [0.1, 0.15) is 0 Å². The van der Waals surface area contributed by atoms with Crippen molar-refractivity contribution in [2.75, 3.05) is 14.1 Å². The Morgan fingerprint density at radius 3 is 2.50 bits per heavy atom. The van der Waals surface area contributed by atoms with Crippen molar-refractivity contribution >= 4 is 33.6 Å². The molecule has 20 heavy (non-hydrogen) atoms. The van der Waals surface area contributed by atoms with Crippen LogP contribution >= 0.6 is 27.7 Å². The highest BCUT2D eigenvalue weighted by Gasteiger charge is 2.08. The Labute approximate surface area is 132 Å². The quantitative estimate of drug-likeness (QED) is 0.760. The van der Waals surface area contributed by atoms with Gasteiger partial charge in [0.2, 0.25) is 0 Å². The minimum atomic E-state index is 0.0421. The Bertz CT molecular complexity index is 596. The van der Waals surface area contributed by atoms with E-state index < -0.39 is 0 Å². The topological polar surface area (TPSA) is 20.3 Å². The molecule has 0 unspecified atom stereocenters. The van der Waals surface area contributed by atoms with Crippen molar-refractivity contribution in [3.05, 3.63) is 64.1 Å². The lowest BCUT2D eigenvalue weighted by atomic mass is 10.1. The van der Waals surface area contributed by atoms with Crippen LogP contribution in [-0.2, 0) is 5.75 Å². The summed E-state index contributed by atoms with van der Waals surface area (Å²) < 4.78 is 1.08. The summed E-state index contributed by atoms with van der Waals surface area (Å²) >= 11 is 5.19. The molecule has 0 atom stereocenters. The van der Waals surface area contributed by atoms with E-state index in [1.807, 2.05) is 30.3 Å². The summed E-state index contributed by atoms with van der Waals surface area (Å²) in [6, 6.07) is 16.1. The SMILES string of the molecule is CN(C)C(=O)c1cccc(CSc2ccc(Br)cc2)c1. The minimum absolute atomic E-state index is 0.0421. The molecule has 0 aromatic heterocycles. The zero-order valence-electron chi connectivity index (χ0n) is 11.5. The molecule has 2 aromatic carbocycles. The van der Waals surface area contributed by atoms with E-state index in [2.05, 4.69) is 34.1 Å². The maximum atomic E-state index is 11.9. The van der Waals surface area contributed by atoms with Crippen molar-refractivity contribution in [3.63, 3.8) is 0 Å². The Morgan fingerprint density at radius 1 is 1.15 bits per heavy atom. The van der Waals surface area contributed by atoms with Gasteiger partial charge < -0.3 is 4.90 Å². The lowest BCUT2D eigenvalue weighted by Crippen LogP contribution is -2.21. The monoisotopic (exact) mass is 349 g/mol. The number of carbonyl (C=O) groups is 1. The molecule has 4 heteroatoms. The van der Waals surface area contributed by atoms with E-state index >= 15 is 0 Å². The van der Waals surface area contributed by atoms with E-state index in [1.54, 1.807) is 30.8 Å². The van der Waals surface area contributed by atoms with E-state index in [9.17, 15) is 4.79 Å². The largest absolute Gasteiger partial charge is 0.345 e. The molecule has 0 bridgehead atoms. The summed E-state index contributed by atoms with van der Waals surface area (Å²) in [5.74, 6) is 0.899. The molecule has 2 rings (SSSR count). The highest BCUT2D eigenvalue weighted by molar-refractivity contribution is 9.10. The molecule has 0 aliphatic rings. The van der Waals surface area contributed by atoms with Crippen LogP contribution in [0.1, 0.15) is 15.9 Å². The van der Waals surface area contributed by atoms with E-state index in [0.717, 1.165) is 21.4 Å². The number of nitrogens with zero attached hydrogens (tertiary/aromatic N) is 1. The van der Waals surface area contributed by atoms with Gasteiger partial charge in [-0.05, 0) is 42.0 Å². The van der Waals surface area contributed by atoms with Crippen LogP contribution in [0.15, 0.2) is 57.9 Å². The molecular formula is C16H16BrNOS. The molecule has 0 heterocycles. The van der Waals surface area contributed by atoms with Crippen LogP contribution in [0.2, 0.25) is 0 Å². The molecule has 0 aliphatic carbocycles. The van der Waals surface area contributed by atoms with E-state index in [0.29, 0.717) is 0 Å². The van der Waals surface area contributed by atoms with E-state index in [1.165, 1.54) is 4.90 Å². The first-order valence-electron chi connectivity index (χ1n) is 6.25. The third-order valence-corrected chi connectivity index (χ3v) is 4.41. The van der Waals surface area contributed by atoms with Crippen molar-refractivity contribution in [3.8, 4) is 0 Å². The third-order valence-electron chi connectivity index (χ3n) is 2.80. The Kier molecular flexibility index (Phi) is 5.26. The lowest BCUT2D eigenvalue weighted by Gasteiger charge is -2.11. The number of hydrogen-bond acceptors (Lipinski definition) is 2. The predicted molar refractivity (Wildman–Crippen MR) is 88.2 cm³/mol. The smallest absolute Gasteiger partial charge is 0.253 e. The number of amides is 1. The summed E-state index contributed by atoms with van der Waals surface area (Å²) in [4.78, 5) is 14.7. The molecule has 0 aliphatic heterocycles. The van der Waals surface area contributed by atoms with Crippen molar-refractivity contribution < 1.29 is 4.79 Å². The Morgan fingerprint density at radius 2 is 1.85 bits per heavy atom. The zero-order chi connectivity index (χ0) is 14.5. The standard InChI is InChI=1S/C16H16BrNOS/c1-18(2)16(19)13-5-3-4-12(10-13)11-20-15-8-6-14(17)7-9-15/h3-10H,11H2,1-2H3. The average molecular weight is 350 g/mol. The summed E-state index contributed by atoms with van der Waals surface area (Å²) in [5, 5.41) is 0. The average Bonchev–Trinajstić information content (AvgIpc) is 2.46. The van der Waals surface area contributed by atoms with E-state index in [4.69, 9.17) is 0 Å². The second kappa shape index (κ2) is 6.95. The molecule has 104 valence electrons. The first-order chi connectivity index (χ1) is 9.56. The highest BCUT2D eigenvalue weighted by atomic mass is 79.9. The minimum Gasteiger partial charge on any atom is -0.345 e. The fraction of sp³-hybridized carbons (Fsp3) is 0.188. The predicted octanol–water partition coefficient (Wildman–Crippen LogP) is 4.44. The molecule has 0 saturated carbocycles. The number of halogens is 1. The van der Waals surface area contributed by atoms with Crippen LogP contribution in [0.5, 0.6) is 0 Å². The fourth-order valence-corrected chi connectivity index (χ4v) is 2.86. The maximum Gasteiger partial charge on any atom is 0.253 e. The molecule has 2 nitrogen and oxygen atoms in total. The van der Waals surface area contributed by atoms with Gasteiger partial charge in [0.15, 0.2) is 0 Å². The second-order valence-corrected chi connectivity index (χ2v) is 6.61. The fourth-order valence-electron chi connectivity index (χ4n) is 1.75. The molecular weight excluding hydrogens is 334 g/mol. The summed E-state index contributed by atoms with van der Waals surface area (Å²) in [6.45, 7) is 0. The van der Waals surface area contributed by atoms with Gasteiger partial charge in [-0.3, -0.25) is 4.79 Å².